The van der Waals surface area contributed by atoms with Crippen molar-refractivity contribution in [2.24, 2.45) is 0 Å². The summed E-state index contributed by atoms with van der Waals surface area (Å²) in [5.74, 6) is 0.141. The molecule has 1 aromatic rings. The van der Waals surface area contributed by atoms with Gasteiger partial charge in [0.2, 0.25) is 0 Å². The van der Waals surface area contributed by atoms with Crippen LogP contribution < -0.4 is 0 Å². The second kappa shape index (κ2) is 2.79. The molecular weight excluding hydrogens is 136 g/mol. The summed E-state index contributed by atoms with van der Waals surface area (Å²) in [6.45, 7) is 7.46. The van der Waals surface area contributed by atoms with Gasteiger partial charge in [-0.1, -0.05) is 30.3 Å². The number of aryl methyl sites for hydroxylation is 2. The Hall–Kier alpha value is -1.24. The highest BCUT2D eigenvalue weighted by molar-refractivity contribution is 5.59. The lowest BCUT2D eigenvalue weighted by molar-refractivity contribution is 0.513. The second-order valence-electron chi connectivity index (χ2n) is 2.77. The first kappa shape index (κ1) is 7.86. The van der Waals surface area contributed by atoms with E-state index in [1.807, 2.05) is 32.0 Å². The quantitative estimate of drug-likeness (QED) is 0.607. The maximum absolute atomic E-state index is 9.10. The van der Waals surface area contributed by atoms with E-state index < -0.39 is 0 Å². The fourth-order valence-electron chi connectivity index (χ4n) is 1.14. The van der Waals surface area contributed by atoms with E-state index in [1.54, 1.807) is 0 Å². The van der Waals surface area contributed by atoms with Crippen LogP contribution in [0.3, 0.4) is 0 Å². The van der Waals surface area contributed by atoms with E-state index in [-0.39, 0.29) is 5.76 Å². The van der Waals surface area contributed by atoms with Crippen molar-refractivity contribution in [3.05, 3.63) is 41.5 Å². The highest BCUT2D eigenvalue weighted by Crippen LogP contribution is 2.15. The van der Waals surface area contributed by atoms with Crippen LogP contribution in [0.4, 0.5) is 0 Å². The summed E-state index contributed by atoms with van der Waals surface area (Å²) in [4.78, 5) is 0. The molecule has 0 bridgehead atoms. The molecule has 0 heterocycles. The van der Waals surface area contributed by atoms with E-state index in [4.69, 9.17) is 5.11 Å². The van der Waals surface area contributed by atoms with Crippen LogP contribution in [0.1, 0.15) is 16.7 Å². The minimum atomic E-state index is 0.141. The van der Waals surface area contributed by atoms with Gasteiger partial charge in [0.25, 0.3) is 0 Å². The zero-order valence-corrected chi connectivity index (χ0v) is 6.89. The van der Waals surface area contributed by atoms with E-state index in [0.29, 0.717) is 0 Å². The average Bonchev–Trinajstić information content (AvgIpc) is 1.85. The highest BCUT2D eigenvalue weighted by Gasteiger charge is 1.99. The first-order chi connectivity index (χ1) is 5.11. The van der Waals surface area contributed by atoms with Crippen molar-refractivity contribution in [2.75, 3.05) is 0 Å². The Morgan fingerprint density at radius 2 is 2.00 bits per heavy atom. The van der Waals surface area contributed by atoms with Crippen molar-refractivity contribution in [3.63, 3.8) is 0 Å². The molecule has 0 unspecified atom stereocenters. The summed E-state index contributed by atoms with van der Waals surface area (Å²) in [6, 6.07) is 5.87. The van der Waals surface area contributed by atoms with Crippen molar-refractivity contribution >= 4 is 5.76 Å². The molecule has 0 amide bonds. The molecular formula is C10H12O. The fraction of sp³-hybridized carbons (Fsp3) is 0.200. The molecule has 1 nitrogen and oxygen atoms in total. The summed E-state index contributed by atoms with van der Waals surface area (Å²) in [6.07, 6.45) is 0. The summed E-state index contributed by atoms with van der Waals surface area (Å²) in [5, 5.41) is 9.10. The predicted octanol–water partition coefficient (Wildman–Crippen LogP) is 2.83. The monoisotopic (exact) mass is 148 g/mol. The smallest absolute Gasteiger partial charge is 0.115 e. The Balaban J connectivity index is 3.20. The maximum Gasteiger partial charge on any atom is 0.115 e. The van der Waals surface area contributed by atoms with Gasteiger partial charge in [0.15, 0.2) is 0 Å². The molecule has 0 aliphatic rings. The zero-order valence-electron chi connectivity index (χ0n) is 6.89. The lowest BCUT2D eigenvalue weighted by Gasteiger charge is -2.03. The van der Waals surface area contributed by atoms with Gasteiger partial charge in [-0.2, -0.15) is 0 Å². The summed E-state index contributed by atoms with van der Waals surface area (Å²) >= 11 is 0. The Morgan fingerprint density at radius 1 is 1.36 bits per heavy atom. The SMILES string of the molecule is C=C(O)c1ccc(C)cc1C. The lowest BCUT2D eigenvalue weighted by Crippen LogP contribution is -1.86. The molecule has 1 heteroatoms. The third-order valence-corrected chi connectivity index (χ3v) is 1.69. The zero-order chi connectivity index (χ0) is 8.43. The third-order valence-electron chi connectivity index (χ3n) is 1.69. The Bertz CT molecular complexity index is 287. The molecule has 0 aromatic heterocycles. The minimum absolute atomic E-state index is 0.141. The number of benzene rings is 1. The van der Waals surface area contributed by atoms with Gasteiger partial charge in [0.05, 0.1) is 0 Å². The Morgan fingerprint density at radius 3 is 2.45 bits per heavy atom. The number of rotatable bonds is 1. The number of aliphatic hydroxyl groups excluding tert-OH is 1. The molecule has 1 aromatic carbocycles. The van der Waals surface area contributed by atoms with Crippen molar-refractivity contribution in [1.29, 1.82) is 0 Å². The summed E-state index contributed by atoms with van der Waals surface area (Å²) in [5.41, 5.74) is 3.10. The molecule has 0 saturated carbocycles. The molecule has 1 rings (SSSR count). The van der Waals surface area contributed by atoms with E-state index in [0.717, 1.165) is 11.1 Å². The van der Waals surface area contributed by atoms with Gasteiger partial charge in [0.1, 0.15) is 5.76 Å². The molecule has 0 radical (unpaired) electrons. The molecule has 1 N–H and O–H groups in total. The largest absolute Gasteiger partial charge is 0.508 e. The number of hydrogen-bond acceptors (Lipinski definition) is 1. The molecule has 11 heavy (non-hydrogen) atoms. The van der Waals surface area contributed by atoms with Crippen LogP contribution in [0, 0.1) is 13.8 Å². The third kappa shape index (κ3) is 1.61. The standard InChI is InChI=1S/C10H12O/c1-7-4-5-10(9(3)11)8(2)6-7/h4-6,11H,3H2,1-2H3. The second-order valence-corrected chi connectivity index (χ2v) is 2.77. The molecule has 0 atom stereocenters. The summed E-state index contributed by atoms with van der Waals surface area (Å²) in [7, 11) is 0. The van der Waals surface area contributed by atoms with Crippen molar-refractivity contribution in [1.82, 2.24) is 0 Å². The van der Waals surface area contributed by atoms with Crippen LogP contribution in [0.15, 0.2) is 24.8 Å². The Labute approximate surface area is 67.0 Å². The van der Waals surface area contributed by atoms with Gasteiger partial charge in [-0.15, -0.1) is 0 Å². The van der Waals surface area contributed by atoms with Gasteiger partial charge < -0.3 is 5.11 Å². The molecule has 0 aliphatic heterocycles. The normalized spacial score (nSPS) is 9.64. The average molecular weight is 148 g/mol. The van der Waals surface area contributed by atoms with E-state index in [2.05, 4.69) is 6.58 Å². The first-order valence-electron chi connectivity index (χ1n) is 3.57. The Kier molecular flexibility index (Phi) is 1.99. The lowest BCUT2D eigenvalue weighted by atomic mass is 10.1. The summed E-state index contributed by atoms with van der Waals surface area (Å²) < 4.78 is 0. The molecule has 0 aliphatic carbocycles. The van der Waals surface area contributed by atoms with Crippen molar-refractivity contribution in [2.45, 2.75) is 13.8 Å². The van der Waals surface area contributed by atoms with Crippen LogP contribution >= 0.6 is 0 Å². The van der Waals surface area contributed by atoms with Crippen LogP contribution in [0.2, 0.25) is 0 Å². The fourth-order valence-corrected chi connectivity index (χ4v) is 1.14. The predicted molar refractivity (Wildman–Crippen MR) is 47.6 cm³/mol. The molecule has 0 spiro atoms. The topological polar surface area (TPSA) is 20.2 Å². The van der Waals surface area contributed by atoms with Gasteiger partial charge in [-0.05, 0) is 19.4 Å². The van der Waals surface area contributed by atoms with Crippen molar-refractivity contribution < 1.29 is 5.11 Å². The van der Waals surface area contributed by atoms with Crippen LogP contribution in [-0.4, -0.2) is 5.11 Å². The van der Waals surface area contributed by atoms with E-state index in [1.165, 1.54) is 5.56 Å². The molecule has 0 fully saturated rings. The van der Waals surface area contributed by atoms with E-state index in [9.17, 15) is 0 Å². The number of hydrogen-bond donors (Lipinski definition) is 1. The van der Waals surface area contributed by atoms with Crippen LogP contribution in [0.5, 0.6) is 0 Å². The van der Waals surface area contributed by atoms with Crippen LogP contribution in [0.25, 0.3) is 5.76 Å². The number of aliphatic hydroxyl groups is 1. The molecule has 58 valence electrons. The van der Waals surface area contributed by atoms with Gasteiger partial charge in [0, 0.05) is 5.56 Å². The van der Waals surface area contributed by atoms with Crippen LogP contribution in [-0.2, 0) is 0 Å². The van der Waals surface area contributed by atoms with E-state index >= 15 is 0 Å². The maximum atomic E-state index is 9.10. The van der Waals surface area contributed by atoms with Gasteiger partial charge >= 0.3 is 0 Å². The highest BCUT2D eigenvalue weighted by atomic mass is 16.3. The van der Waals surface area contributed by atoms with Gasteiger partial charge in [-0.3, -0.25) is 0 Å². The first-order valence-corrected chi connectivity index (χ1v) is 3.57. The minimum Gasteiger partial charge on any atom is -0.508 e. The van der Waals surface area contributed by atoms with Crippen molar-refractivity contribution in [3.8, 4) is 0 Å². The van der Waals surface area contributed by atoms with Gasteiger partial charge in [-0.25, -0.2) is 0 Å². The molecule has 0 saturated heterocycles.